The zero-order chi connectivity index (χ0) is 21.4. The van der Waals surface area contributed by atoms with E-state index in [0.29, 0.717) is 28.5 Å². The molecule has 31 heavy (non-hydrogen) atoms. The lowest BCUT2D eigenvalue weighted by Crippen LogP contribution is -2.12. The van der Waals surface area contributed by atoms with Crippen molar-refractivity contribution in [2.75, 3.05) is 5.32 Å². The molecule has 1 N–H and O–H groups in total. The maximum Gasteiger partial charge on any atom is 0.256 e. The number of carbonyl (C=O) groups is 1. The van der Waals surface area contributed by atoms with Crippen molar-refractivity contribution in [3.8, 4) is 22.6 Å². The second kappa shape index (κ2) is 7.49. The highest BCUT2D eigenvalue weighted by atomic mass is 19.1. The van der Waals surface area contributed by atoms with Crippen LogP contribution in [0.1, 0.15) is 10.4 Å². The standard InChI is InChI=1S/C23H17FN6O/c1-29-10-9-21(28-29)27-23(31)16-7-5-15(6-8-16)22-26-13-19-12-25-20(14-30(19)22)17-3-2-4-18(24)11-17/h2-14H,1H3,(H,27,28,31). The third kappa shape index (κ3) is 3.66. The number of halogens is 1. The first-order chi connectivity index (χ1) is 15.1. The first-order valence-electron chi connectivity index (χ1n) is 9.57. The number of rotatable bonds is 4. The van der Waals surface area contributed by atoms with Gasteiger partial charge in [-0.05, 0) is 24.3 Å². The van der Waals surface area contributed by atoms with Crippen LogP contribution in [0.3, 0.4) is 0 Å². The lowest BCUT2D eigenvalue weighted by atomic mass is 10.1. The van der Waals surface area contributed by atoms with Crippen molar-refractivity contribution in [3.63, 3.8) is 0 Å². The molecule has 0 aliphatic rings. The van der Waals surface area contributed by atoms with Gasteiger partial charge < -0.3 is 5.32 Å². The van der Waals surface area contributed by atoms with Crippen LogP contribution in [0.5, 0.6) is 0 Å². The quantitative estimate of drug-likeness (QED) is 0.480. The van der Waals surface area contributed by atoms with E-state index in [-0.39, 0.29) is 11.7 Å². The van der Waals surface area contributed by atoms with Gasteiger partial charge in [-0.2, -0.15) is 5.10 Å². The van der Waals surface area contributed by atoms with Crippen molar-refractivity contribution in [2.24, 2.45) is 7.05 Å². The molecule has 0 saturated heterocycles. The smallest absolute Gasteiger partial charge is 0.256 e. The van der Waals surface area contributed by atoms with E-state index in [1.165, 1.54) is 12.1 Å². The summed E-state index contributed by atoms with van der Waals surface area (Å²) in [5, 5.41) is 6.91. The molecule has 3 heterocycles. The van der Waals surface area contributed by atoms with Crippen LogP contribution >= 0.6 is 0 Å². The number of carbonyl (C=O) groups excluding carboxylic acids is 1. The Labute approximate surface area is 176 Å². The van der Waals surface area contributed by atoms with Crippen LogP contribution in [-0.2, 0) is 7.05 Å². The van der Waals surface area contributed by atoms with Gasteiger partial charge in [0.15, 0.2) is 5.82 Å². The Kier molecular flexibility index (Phi) is 4.51. The minimum Gasteiger partial charge on any atom is -0.305 e. The molecular weight excluding hydrogens is 395 g/mol. The van der Waals surface area contributed by atoms with Gasteiger partial charge in [-0.3, -0.25) is 18.9 Å². The Hall–Kier alpha value is -4.33. The summed E-state index contributed by atoms with van der Waals surface area (Å²) >= 11 is 0. The van der Waals surface area contributed by atoms with E-state index in [2.05, 4.69) is 20.4 Å². The summed E-state index contributed by atoms with van der Waals surface area (Å²) in [6, 6.07) is 15.2. The topological polar surface area (TPSA) is 77.1 Å². The summed E-state index contributed by atoms with van der Waals surface area (Å²) in [7, 11) is 1.79. The van der Waals surface area contributed by atoms with Crippen molar-refractivity contribution in [1.29, 1.82) is 0 Å². The first kappa shape index (κ1) is 18.7. The molecule has 8 heteroatoms. The average molecular weight is 412 g/mol. The molecule has 0 radical (unpaired) electrons. The van der Waals surface area contributed by atoms with Gasteiger partial charge >= 0.3 is 0 Å². The summed E-state index contributed by atoms with van der Waals surface area (Å²) < 4.78 is 17.1. The van der Waals surface area contributed by atoms with Gasteiger partial charge in [0.1, 0.15) is 11.6 Å². The molecule has 0 fully saturated rings. The number of benzene rings is 2. The van der Waals surface area contributed by atoms with Gasteiger partial charge in [-0.15, -0.1) is 0 Å². The first-order valence-corrected chi connectivity index (χ1v) is 9.57. The fourth-order valence-electron chi connectivity index (χ4n) is 3.35. The van der Waals surface area contributed by atoms with E-state index in [9.17, 15) is 9.18 Å². The Morgan fingerprint density at radius 3 is 2.55 bits per heavy atom. The maximum atomic E-state index is 13.6. The molecule has 7 nitrogen and oxygen atoms in total. The Morgan fingerprint density at radius 2 is 1.81 bits per heavy atom. The van der Waals surface area contributed by atoms with Gasteiger partial charge in [-0.1, -0.05) is 24.3 Å². The third-order valence-electron chi connectivity index (χ3n) is 4.89. The summed E-state index contributed by atoms with van der Waals surface area (Å²) in [4.78, 5) is 21.4. The molecule has 1 amide bonds. The Bertz CT molecular complexity index is 1400. The number of nitrogens with one attached hydrogen (secondary N) is 1. The van der Waals surface area contributed by atoms with Crippen LogP contribution < -0.4 is 5.32 Å². The van der Waals surface area contributed by atoms with E-state index in [1.807, 2.05) is 28.8 Å². The molecule has 3 aromatic heterocycles. The largest absolute Gasteiger partial charge is 0.305 e. The van der Waals surface area contributed by atoms with Gasteiger partial charge in [0.2, 0.25) is 0 Å². The molecule has 0 saturated carbocycles. The number of aryl methyl sites for hydroxylation is 1. The number of imidazole rings is 1. The zero-order valence-corrected chi connectivity index (χ0v) is 16.5. The predicted molar refractivity (Wildman–Crippen MR) is 115 cm³/mol. The van der Waals surface area contributed by atoms with Gasteiger partial charge in [0.25, 0.3) is 5.91 Å². The fourth-order valence-corrected chi connectivity index (χ4v) is 3.35. The molecule has 0 aliphatic heterocycles. The number of anilines is 1. The highest BCUT2D eigenvalue weighted by Crippen LogP contribution is 2.24. The zero-order valence-electron chi connectivity index (χ0n) is 16.5. The van der Waals surface area contributed by atoms with Crippen molar-refractivity contribution >= 4 is 17.2 Å². The highest BCUT2D eigenvalue weighted by Gasteiger charge is 2.12. The molecule has 152 valence electrons. The molecule has 2 aromatic carbocycles. The minimum atomic E-state index is -0.315. The third-order valence-corrected chi connectivity index (χ3v) is 4.89. The van der Waals surface area contributed by atoms with Crippen LogP contribution in [0, 0.1) is 5.82 Å². The molecule has 0 spiro atoms. The van der Waals surface area contributed by atoms with E-state index in [4.69, 9.17) is 0 Å². The Morgan fingerprint density at radius 1 is 1.00 bits per heavy atom. The van der Waals surface area contributed by atoms with Crippen LogP contribution in [0.25, 0.3) is 28.2 Å². The summed E-state index contributed by atoms with van der Waals surface area (Å²) in [6.07, 6.45) is 7.01. The summed E-state index contributed by atoms with van der Waals surface area (Å²) in [5.74, 6) is 0.639. The lowest BCUT2D eigenvalue weighted by molar-refractivity contribution is 0.102. The number of aromatic nitrogens is 5. The molecule has 0 atom stereocenters. The van der Waals surface area contributed by atoms with Gasteiger partial charge in [-0.25, -0.2) is 9.37 Å². The van der Waals surface area contributed by atoms with Crippen molar-refractivity contribution in [2.45, 2.75) is 0 Å². The number of fused-ring (bicyclic) bond motifs is 1. The molecule has 0 aliphatic carbocycles. The van der Waals surface area contributed by atoms with E-state index in [1.54, 1.807) is 54.6 Å². The minimum absolute atomic E-state index is 0.240. The molecule has 5 rings (SSSR count). The predicted octanol–water partition coefficient (Wildman–Crippen LogP) is 4.19. The normalized spacial score (nSPS) is 11.0. The van der Waals surface area contributed by atoms with E-state index >= 15 is 0 Å². The van der Waals surface area contributed by atoms with Crippen LogP contribution in [0.15, 0.2) is 79.4 Å². The average Bonchev–Trinajstić information content (AvgIpc) is 3.39. The summed E-state index contributed by atoms with van der Waals surface area (Å²) in [5.41, 5.74) is 3.48. The number of hydrogen-bond donors (Lipinski definition) is 1. The van der Waals surface area contributed by atoms with E-state index in [0.717, 1.165) is 11.1 Å². The SMILES string of the molecule is Cn1ccc(NC(=O)c2ccc(-c3ncc4cnc(-c5cccc(F)c5)cn34)cc2)n1. The summed E-state index contributed by atoms with van der Waals surface area (Å²) in [6.45, 7) is 0. The van der Waals surface area contributed by atoms with Crippen molar-refractivity contribution in [1.82, 2.24) is 24.1 Å². The van der Waals surface area contributed by atoms with E-state index < -0.39 is 0 Å². The monoisotopic (exact) mass is 412 g/mol. The van der Waals surface area contributed by atoms with Crippen molar-refractivity contribution < 1.29 is 9.18 Å². The van der Waals surface area contributed by atoms with Gasteiger partial charge in [0.05, 0.1) is 23.6 Å². The molecule has 5 aromatic rings. The highest BCUT2D eigenvalue weighted by molar-refractivity contribution is 6.03. The van der Waals surface area contributed by atoms with Crippen molar-refractivity contribution in [3.05, 3.63) is 90.8 Å². The van der Waals surface area contributed by atoms with Crippen LogP contribution in [0.4, 0.5) is 10.2 Å². The number of amides is 1. The number of hydrogen-bond acceptors (Lipinski definition) is 4. The molecule has 0 unspecified atom stereocenters. The van der Waals surface area contributed by atoms with Crippen LogP contribution in [0.2, 0.25) is 0 Å². The Balaban J connectivity index is 1.45. The second-order valence-electron chi connectivity index (χ2n) is 7.07. The second-order valence-corrected chi connectivity index (χ2v) is 7.07. The maximum absolute atomic E-state index is 13.6. The fraction of sp³-hybridized carbons (Fsp3) is 0.0435. The van der Waals surface area contributed by atoms with Gasteiger partial charge in [0, 0.05) is 42.2 Å². The molecular formula is C23H17FN6O. The van der Waals surface area contributed by atoms with Crippen LogP contribution in [-0.4, -0.2) is 30.1 Å². The lowest BCUT2D eigenvalue weighted by Gasteiger charge is -2.06. The number of nitrogens with zero attached hydrogens (tertiary/aromatic N) is 5. The molecule has 0 bridgehead atoms.